The number of para-hydroxylation sites is 2. The summed E-state index contributed by atoms with van der Waals surface area (Å²) in [6.45, 7) is 3.85. The highest BCUT2D eigenvalue weighted by atomic mass is 15.5. The van der Waals surface area contributed by atoms with E-state index in [1.54, 1.807) is 0 Å². The molecule has 2 nitrogen and oxygen atoms in total. The number of nitrogens with one attached hydrogen (secondary N) is 1. The van der Waals surface area contributed by atoms with Gasteiger partial charge in [-0.2, -0.15) is 0 Å². The second-order valence-corrected chi connectivity index (χ2v) is 6.65. The predicted octanol–water partition coefficient (Wildman–Crippen LogP) is 5.85. The van der Waals surface area contributed by atoms with E-state index in [0.717, 1.165) is 12.3 Å². The molecule has 0 spiro atoms. The summed E-state index contributed by atoms with van der Waals surface area (Å²) in [5.41, 5.74) is 6.22. The quantitative estimate of drug-likeness (QED) is 0.372. The van der Waals surface area contributed by atoms with E-state index in [-0.39, 0.29) is 0 Å². The molecule has 126 valence electrons. The largest absolute Gasteiger partial charge is 0.277 e. The molecule has 1 aliphatic rings. The molecule has 1 N–H and O–H groups in total. The van der Waals surface area contributed by atoms with Crippen molar-refractivity contribution in [2.45, 2.75) is 44.6 Å². The topological polar surface area (TPSA) is 15.3 Å². The van der Waals surface area contributed by atoms with E-state index >= 15 is 0 Å². The van der Waals surface area contributed by atoms with Crippen LogP contribution >= 0.6 is 0 Å². The number of nitrogens with zero attached hydrogens (tertiary/aromatic N) is 1. The second kappa shape index (κ2) is 8.70. The molecule has 2 atom stereocenters. The van der Waals surface area contributed by atoms with E-state index in [1.807, 2.05) is 6.08 Å². The zero-order valence-electron chi connectivity index (χ0n) is 14.4. The van der Waals surface area contributed by atoms with Gasteiger partial charge in [-0.25, -0.2) is 5.43 Å². The first-order chi connectivity index (χ1) is 11.9. The van der Waals surface area contributed by atoms with Crippen LogP contribution in [0.3, 0.4) is 0 Å². The van der Waals surface area contributed by atoms with E-state index in [1.165, 1.54) is 43.5 Å². The van der Waals surface area contributed by atoms with Crippen LogP contribution in [0.25, 0.3) is 0 Å². The van der Waals surface area contributed by atoms with Crippen molar-refractivity contribution < 1.29 is 0 Å². The molecule has 2 unspecified atom stereocenters. The van der Waals surface area contributed by atoms with Crippen LogP contribution in [-0.2, 0) is 0 Å². The molecule has 1 saturated carbocycles. The molecule has 0 radical (unpaired) electrons. The molecule has 0 aliphatic heterocycles. The lowest BCUT2D eigenvalue weighted by atomic mass is 9.97. The number of unbranched alkanes of at least 4 members (excludes halogenated alkanes) is 1. The first-order valence-corrected chi connectivity index (χ1v) is 9.16. The Labute approximate surface area is 146 Å². The number of benzene rings is 2. The monoisotopic (exact) mass is 320 g/mol. The summed E-state index contributed by atoms with van der Waals surface area (Å²) in [6.07, 6.45) is 9.64. The highest BCUT2D eigenvalue weighted by Gasteiger charge is 2.28. The molecule has 1 fully saturated rings. The Morgan fingerprint density at radius 1 is 0.958 bits per heavy atom. The van der Waals surface area contributed by atoms with E-state index in [2.05, 4.69) is 77.7 Å². The zero-order chi connectivity index (χ0) is 16.6. The molecular weight excluding hydrogens is 292 g/mol. The average Bonchev–Trinajstić information content (AvgIpc) is 3.08. The molecule has 0 bridgehead atoms. The molecule has 2 heteroatoms. The molecule has 1 aliphatic carbocycles. The van der Waals surface area contributed by atoms with Crippen molar-refractivity contribution in [1.82, 2.24) is 5.43 Å². The van der Waals surface area contributed by atoms with Crippen LogP contribution in [0.15, 0.2) is 73.3 Å². The third-order valence-electron chi connectivity index (χ3n) is 4.97. The Hall–Kier alpha value is -2.06. The third-order valence-corrected chi connectivity index (χ3v) is 4.97. The van der Waals surface area contributed by atoms with Gasteiger partial charge in [-0.3, -0.25) is 5.01 Å². The zero-order valence-corrected chi connectivity index (χ0v) is 14.4. The van der Waals surface area contributed by atoms with Crippen LogP contribution in [0.2, 0.25) is 0 Å². The minimum absolute atomic E-state index is 0.551. The minimum atomic E-state index is 0.551. The summed E-state index contributed by atoms with van der Waals surface area (Å²) >= 11 is 0. The maximum atomic E-state index is 3.85. The average molecular weight is 320 g/mol. The summed E-state index contributed by atoms with van der Waals surface area (Å²) < 4.78 is 0. The van der Waals surface area contributed by atoms with Gasteiger partial charge < -0.3 is 0 Å². The number of hydrogen-bond acceptors (Lipinski definition) is 2. The van der Waals surface area contributed by atoms with Crippen molar-refractivity contribution in [2.75, 3.05) is 5.01 Å². The second-order valence-electron chi connectivity index (χ2n) is 6.65. The number of hydrogen-bond donors (Lipinski definition) is 1. The van der Waals surface area contributed by atoms with E-state index < -0.39 is 0 Å². The van der Waals surface area contributed by atoms with Crippen molar-refractivity contribution >= 4 is 11.4 Å². The number of rotatable bonds is 8. The molecule has 3 rings (SSSR count). The fourth-order valence-electron chi connectivity index (χ4n) is 3.69. The first-order valence-electron chi connectivity index (χ1n) is 9.16. The Morgan fingerprint density at radius 3 is 2.17 bits per heavy atom. The third kappa shape index (κ3) is 4.27. The summed E-state index contributed by atoms with van der Waals surface area (Å²) in [6, 6.07) is 21.8. The predicted molar refractivity (Wildman–Crippen MR) is 103 cm³/mol. The number of hydrazine groups is 1. The van der Waals surface area contributed by atoms with Crippen LogP contribution in [-0.4, -0.2) is 6.04 Å². The van der Waals surface area contributed by atoms with Gasteiger partial charge in [0, 0.05) is 6.04 Å². The van der Waals surface area contributed by atoms with Crippen molar-refractivity contribution in [1.29, 1.82) is 0 Å². The Bertz CT molecular complexity index is 569. The van der Waals surface area contributed by atoms with Crippen LogP contribution in [0.4, 0.5) is 11.4 Å². The van der Waals surface area contributed by atoms with Crippen LogP contribution < -0.4 is 10.4 Å². The Kier molecular flexibility index (Phi) is 6.08. The molecular formula is C22H28N2. The standard InChI is InChI=1S/C22H28N2/c1-2-3-6-12-19-13-11-18-22(19)23-24(20-14-7-4-8-15-20)21-16-9-5-10-17-21/h2,4-5,7-10,14-17,19,22-23H,1,3,6,11-13,18H2. The first kappa shape index (κ1) is 16.8. The maximum absolute atomic E-state index is 3.85. The van der Waals surface area contributed by atoms with Gasteiger partial charge in [-0.05, 0) is 62.3 Å². The summed E-state index contributed by atoms with van der Waals surface area (Å²) in [7, 11) is 0. The fraction of sp³-hybridized carbons (Fsp3) is 0.364. The van der Waals surface area contributed by atoms with Crippen LogP contribution in [0.1, 0.15) is 38.5 Å². The summed E-state index contributed by atoms with van der Waals surface area (Å²) in [5, 5.41) is 2.26. The van der Waals surface area contributed by atoms with Gasteiger partial charge >= 0.3 is 0 Å². The van der Waals surface area contributed by atoms with E-state index in [9.17, 15) is 0 Å². The van der Waals surface area contributed by atoms with Gasteiger partial charge in [0.2, 0.25) is 0 Å². The van der Waals surface area contributed by atoms with Gasteiger partial charge in [0.15, 0.2) is 0 Å². The van der Waals surface area contributed by atoms with E-state index in [4.69, 9.17) is 0 Å². The molecule has 2 aromatic rings. The minimum Gasteiger partial charge on any atom is -0.277 e. The highest BCUT2D eigenvalue weighted by Crippen LogP contribution is 2.32. The molecule has 0 saturated heterocycles. The number of allylic oxidation sites excluding steroid dienone is 1. The lowest BCUT2D eigenvalue weighted by Crippen LogP contribution is -2.43. The smallest absolute Gasteiger partial charge is 0.0577 e. The van der Waals surface area contributed by atoms with Crippen LogP contribution in [0.5, 0.6) is 0 Å². The fourth-order valence-corrected chi connectivity index (χ4v) is 3.69. The van der Waals surface area contributed by atoms with Crippen LogP contribution in [0, 0.1) is 5.92 Å². The number of anilines is 2. The Morgan fingerprint density at radius 2 is 1.58 bits per heavy atom. The summed E-state index contributed by atoms with van der Waals surface area (Å²) in [4.78, 5) is 0. The van der Waals surface area contributed by atoms with E-state index in [0.29, 0.717) is 6.04 Å². The van der Waals surface area contributed by atoms with Crippen molar-refractivity contribution in [3.05, 3.63) is 73.3 Å². The van der Waals surface area contributed by atoms with Crippen molar-refractivity contribution in [2.24, 2.45) is 5.92 Å². The lowest BCUT2D eigenvalue weighted by Gasteiger charge is -2.32. The Balaban J connectivity index is 1.75. The molecule has 0 heterocycles. The van der Waals surface area contributed by atoms with Gasteiger partial charge in [-0.1, -0.05) is 48.9 Å². The van der Waals surface area contributed by atoms with Gasteiger partial charge in [0.25, 0.3) is 0 Å². The summed E-state index contributed by atoms with van der Waals surface area (Å²) in [5.74, 6) is 0.764. The van der Waals surface area contributed by atoms with Crippen molar-refractivity contribution in [3.8, 4) is 0 Å². The normalized spacial score (nSPS) is 20.0. The molecule has 24 heavy (non-hydrogen) atoms. The van der Waals surface area contributed by atoms with Gasteiger partial charge in [-0.15, -0.1) is 6.58 Å². The van der Waals surface area contributed by atoms with Gasteiger partial charge in [0.05, 0.1) is 11.4 Å². The highest BCUT2D eigenvalue weighted by molar-refractivity contribution is 5.61. The molecule has 0 aromatic heterocycles. The lowest BCUT2D eigenvalue weighted by molar-refractivity contribution is 0.375. The SMILES string of the molecule is C=CCCCC1CCCC1NN(c1ccccc1)c1ccccc1. The molecule has 2 aromatic carbocycles. The van der Waals surface area contributed by atoms with Crippen molar-refractivity contribution in [3.63, 3.8) is 0 Å². The van der Waals surface area contributed by atoms with Gasteiger partial charge in [0.1, 0.15) is 0 Å². The maximum Gasteiger partial charge on any atom is 0.0577 e. The molecule has 0 amide bonds.